The zero-order valence-electron chi connectivity index (χ0n) is 14.3. The van der Waals surface area contributed by atoms with E-state index in [0.717, 1.165) is 18.5 Å². The Hall–Kier alpha value is -1.53. The highest BCUT2D eigenvalue weighted by molar-refractivity contribution is 7.89. The molecule has 0 fully saturated rings. The average Bonchev–Trinajstić information content (AvgIpc) is 2.54. The van der Waals surface area contributed by atoms with Gasteiger partial charge in [-0.05, 0) is 49.9 Å². The molecule has 4 N–H and O–H groups in total. The van der Waals surface area contributed by atoms with Crippen molar-refractivity contribution in [3.8, 4) is 0 Å². The van der Waals surface area contributed by atoms with Crippen LogP contribution in [0, 0.1) is 0 Å². The second-order valence-corrected chi connectivity index (χ2v) is 7.98. The maximum atomic E-state index is 11.3. The first-order chi connectivity index (χ1) is 11.6. The molecule has 5 nitrogen and oxygen atoms in total. The molecule has 0 saturated carbocycles. The number of nitrogens with one attached hydrogen (secondary N) is 2. The van der Waals surface area contributed by atoms with Gasteiger partial charge in [-0.15, -0.1) is 0 Å². The van der Waals surface area contributed by atoms with Crippen LogP contribution in [0.15, 0.2) is 40.9 Å². The van der Waals surface area contributed by atoms with Gasteiger partial charge >= 0.3 is 0 Å². The van der Waals surface area contributed by atoms with Crippen LogP contribution in [0.25, 0.3) is 0 Å². The summed E-state index contributed by atoms with van der Waals surface area (Å²) >= 11 is 0. The number of anilines is 1. The maximum absolute atomic E-state index is 11.3. The Balaban J connectivity index is 1.89. The fourth-order valence-corrected chi connectivity index (χ4v) is 3.41. The van der Waals surface area contributed by atoms with E-state index in [1.807, 2.05) is 0 Å². The summed E-state index contributed by atoms with van der Waals surface area (Å²) in [4.78, 5) is 0.123. The van der Waals surface area contributed by atoms with E-state index in [2.05, 4.69) is 16.9 Å². The second kappa shape index (κ2) is 9.69. The quantitative estimate of drug-likeness (QED) is 0.715. The molecule has 0 spiro atoms. The molecule has 0 unspecified atom stereocenters. The molecule has 0 aromatic heterocycles. The molecule has 0 saturated heterocycles. The Bertz CT molecular complexity index is 624. The molecule has 134 valence electrons. The fraction of sp³-hybridized carbons (Fsp3) is 0.556. The highest BCUT2D eigenvalue weighted by Crippen LogP contribution is 2.16. The molecule has 6 heteroatoms. The molecule has 0 heterocycles. The van der Waals surface area contributed by atoms with Gasteiger partial charge in [0, 0.05) is 5.70 Å². The Kier molecular flexibility index (Phi) is 7.59. The van der Waals surface area contributed by atoms with Crippen LogP contribution >= 0.6 is 0 Å². The predicted octanol–water partition coefficient (Wildman–Crippen LogP) is 4.05. The van der Waals surface area contributed by atoms with Gasteiger partial charge in [-0.1, -0.05) is 44.6 Å². The SMILES string of the molecule is NS(=O)(=O)c1ccc(NN/C2=C\CCCCCCCCCC2)cc1. The molecule has 1 aliphatic carbocycles. The lowest BCUT2D eigenvalue weighted by atomic mass is 10.0. The van der Waals surface area contributed by atoms with Crippen LogP contribution in [0.2, 0.25) is 0 Å². The summed E-state index contributed by atoms with van der Waals surface area (Å²) in [7, 11) is -3.64. The monoisotopic (exact) mass is 351 g/mol. The van der Waals surface area contributed by atoms with Crippen LogP contribution in [0.5, 0.6) is 0 Å². The van der Waals surface area contributed by atoms with Crippen molar-refractivity contribution < 1.29 is 8.42 Å². The van der Waals surface area contributed by atoms with Crippen molar-refractivity contribution >= 4 is 15.7 Å². The minimum Gasteiger partial charge on any atom is -0.305 e. The van der Waals surface area contributed by atoms with Gasteiger partial charge in [0.05, 0.1) is 10.6 Å². The Morgan fingerprint density at radius 3 is 2.00 bits per heavy atom. The maximum Gasteiger partial charge on any atom is 0.238 e. The molecular formula is C18H29N3O2S. The summed E-state index contributed by atoms with van der Waals surface area (Å²) in [6, 6.07) is 6.44. The number of hydrogen-bond donors (Lipinski definition) is 3. The van der Waals surface area contributed by atoms with Gasteiger partial charge in [-0.2, -0.15) is 0 Å². The van der Waals surface area contributed by atoms with E-state index in [-0.39, 0.29) is 4.90 Å². The molecule has 0 bridgehead atoms. The molecule has 1 aromatic rings. The van der Waals surface area contributed by atoms with Crippen LogP contribution in [-0.4, -0.2) is 8.42 Å². The van der Waals surface area contributed by atoms with Gasteiger partial charge in [-0.3, -0.25) is 0 Å². The van der Waals surface area contributed by atoms with Gasteiger partial charge in [0.25, 0.3) is 0 Å². The van der Waals surface area contributed by atoms with Crippen molar-refractivity contribution in [2.45, 2.75) is 69.1 Å². The van der Waals surface area contributed by atoms with E-state index >= 15 is 0 Å². The van der Waals surface area contributed by atoms with Crippen molar-refractivity contribution in [3.05, 3.63) is 36.0 Å². The van der Waals surface area contributed by atoms with Gasteiger partial charge in [-0.25, -0.2) is 13.6 Å². The number of sulfonamides is 1. The van der Waals surface area contributed by atoms with Crippen molar-refractivity contribution in [2.75, 3.05) is 5.43 Å². The van der Waals surface area contributed by atoms with E-state index in [1.165, 1.54) is 69.2 Å². The minimum atomic E-state index is -3.64. The van der Waals surface area contributed by atoms with Gasteiger partial charge in [0.1, 0.15) is 0 Å². The standard InChI is InChI=1S/C18H29N3O2S/c19-24(22,23)18-14-12-17(13-15-18)21-20-16-10-8-6-4-2-1-3-5-7-9-11-16/h10,12-15,20-21H,1-9,11H2,(H2,19,22,23)/b16-10-. The van der Waals surface area contributed by atoms with Crippen LogP contribution < -0.4 is 16.0 Å². The second-order valence-electron chi connectivity index (χ2n) is 6.42. The summed E-state index contributed by atoms with van der Waals surface area (Å²) in [5, 5.41) is 5.11. The Morgan fingerprint density at radius 2 is 1.38 bits per heavy atom. The third-order valence-corrected chi connectivity index (χ3v) is 5.27. The third-order valence-electron chi connectivity index (χ3n) is 4.34. The molecular weight excluding hydrogens is 322 g/mol. The van der Waals surface area contributed by atoms with E-state index in [4.69, 9.17) is 5.14 Å². The van der Waals surface area contributed by atoms with Gasteiger partial charge < -0.3 is 10.9 Å². The normalized spacial score (nSPS) is 20.1. The number of nitrogens with two attached hydrogens (primary N) is 1. The Labute approximate surface area is 145 Å². The van der Waals surface area contributed by atoms with E-state index < -0.39 is 10.0 Å². The van der Waals surface area contributed by atoms with E-state index in [0.29, 0.717) is 0 Å². The lowest BCUT2D eigenvalue weighted by molar-refractivity contribution is 0.558. The highest BCUT2D eigenvalue weighted by atomic mass is 32.2. The fourth-order valence-electron chi connectivity index (χ4n) is 2.89. The number of rotatable bonds is 4. The average molecular weight is 352 g/mol. The lowest BCUT2D eigenvalue weighted by Crippen LogP contribution is -2.21. The zero-order chi connectivity index (χ0) is 17.3. The topological polar surface area (TPSA) is 84.2 Å². The minimum absolute atomic E-state index is 0.123. The van der Waals surface area contributed by atoms with Gasteiger partial charge in [0.2, 0.25) is 10.0 Å². The first kappa shape index (κ1) is 18.8. The molecule has 0 amide bonds. The largest absolute Gasteiger partial charge is 0.305 e. The van der Waals surface area contributed by atoms with Crippen LogP contribution in [0.4, 0.5) is 5.69 Å². The van der Waals surface area contributed by atoms with E-state index in [9.17, 15) is 8.42 Å². The van der Waals surface area contributed by atoms with E-state index in [1.54, 1.807) is 12.1 Å². The van der Waals surface area contributed by atoms with Crippen molar-refractivity contribution in [1.29, 1.82) is 0 Å². The summed E-state index contributed by atoms with van der Waals surface area (Å²) in [6.45, 7) is 0. The van der Waals surface area contributed by atoms with Crippen LogP contribution in [0.1, 0.15) is 64.2 Å². The predicted molar refractivity (Wildman–Crippen MR) is 98.8 cm³/mol. The first-order valence-electron chi connectivity index (χ1n) is 8.90. The van der Waals surface area contributed by atoms with Crippen LogP contribution in [0.3, 0.4) is 0 Å². The Morgan fingerprint density at radius 1 is 0.792 bits per heavy atom. The first-order valence-corrected chi connectivity index (χ1v) is 10.4. The molecule has 24 heavy (non-hydrogen) atoms. The van der Waals surface area contributed by atoms with Crippen molar-refractivity contribution in [2.24, 2.45) is 5.14 Å². The number of hydrazine groups is 1. The molecule has 0 aliphatic heterocycles. The molecule has 0 atom stereocenters. The number of primary sulfonamides is 1. The highest BCUT2D eigenvalue weighted by Gasteiger charge is 2.06. The molecule has 2 rings (SSSR count). The summed E-state index contributed by atoms with van der Waals surface area (Å²) in [5.74, 6) is 0. The summed E-state index contributed by atoms with van der Waals surface area (Å²) < 4.78 is 22.5. The number of hydrogen-bond acceptors (Lipinski definition) is 4. The lowest BCUT2D eigenvalue weighted by Gasteiger charge is -2.15. The molecule has 0 radical (unpaired) electrons. The number of allylic oxidation sites excluding steroid dienone is 2. The molecule has 1 aliphatic rings. The zero-order valence-corrected chi connectivity index (χ0v) is 15.1. The van der Waals surface area contributed by atoms with Crippen molar-refractivity contribution in [1.82, 2.24) is 5.43 Å². The van der Waals surface area contributed by atoms with Crippen molar-refractivity contribution in [3.63, 3.8) is 0 Å². The summed E-state index contributed by atoms with van der Waals surface area (Å²) in [6.07, 6.45) is 14.9. The third kappa shape index (κ3) is 6.93. The summed E-state index contributed by atoms with van der Waals surface area (Å²) in [5.41, 5.74) is 8.46. The smallest absolute Gasteiger partial charge is 0.238 e. The number of benzene rings is 1. The van der Waals surface area contributed by atoms with Gasteiger partial charge in [0.15, 0.2) is 0 Å². The van der Waals surface area contributed by atoms with Crippen LogP contribution in [-0.2, 0) is 10.0 Å². The molecule has 1 aromatic carbocycles.